The number of unbranched alkanes of at least 4 members (excludes halogenated alkanes) is 5. The highest BCUT2D eigenvalue weighted by Crippen LogP contribution is 2.22. The first-order valence-electron chi connectivity index (χ1n) is 14.3. The number of amides is 2. The number of aliphatic carboxylic acids is 1. The Labute approximate surface area is 233 Å². The zero-order chi connectivity index (χ0) is 29.4. The van der Waals surface area contributed by atoms with E-state index >= 15 is 0 Å². The van der Waals surface area contributed by atoms with E-state index in [4.69, 9.17) is 10.5 Å². The molecule has 0 bridgehead atoms. The lowest BCUT2D eigenvalue weighted by Gasteiger charge is -2.27. The van der Waals surface area contributed by atoms with Gasteiger partial charge in [-0.1, -0.05) is 103 Å². The average molecular weight is 548 g/mol. The molecule has 39 heavy (non-hydrogen) atoms. The molecule has 5 N–H and O–H groups in total. The topological polar surface area (TPSA) is 148 Å². The van der Waals surface area contributed by atoms with Crippen LogP contribution < -0.4 is 16.4 Å². The highest BCUT2D eigenvalue weighted by molar-refractivity contribution is 5.91. The van der Waals surface area contributed by atoms with E-state index in [-0.39, 0.29) is 18.3 Å². The largest absolute Gasteiger partial charge is 0.480 e. The van der Waals surface area contributed by atoms with Gasteiger partial charge < -0.3 is 26.2 Å². The molecule has 0 spiro atoms. The number of nitrogens with two attached hydrogens (primary N) is 1. The first-order valence-corrected chi connectivity index (χ1v) is 14.3. The molecule has 0 aromatic heterocycles. The van der Waals surface area contributed by atoms with Crippen molar-refractivity contribution in [3.05, 3.63) is 35.9 Å². The molecule has 1 aromatic carbocycles. The second kappa shape index (κ2) is 18.4. The van der Waals surface area contributed by atoms with Crippen LogP contribution in [0.25, 0.3) is 0 Å². The lowest BCUT2D eigenvalue weighted by atomic mass is 9.93. The quantitative estimate of drug-likeness (QED) is 0.147. The molecule has 9 nitrogen and oxygen atoms in total. The third-order valence-corrected chi connectivity index (χ3v) is 7.26. The van der Waals surface area contributed by atoms with Gasteiger partial charge >= 0.3 is 11.9 Å². The second-order valence-electron chi connectivity index (χ2n) is 10.6. The minimum absolute atomic E-state index is 0.0665. The Hall–Kier alpha value is -2.94. The van der Waals surface area contributed by atoms with Crippen LogP contribution in [0, 0.1) is 11.8 Å². The maximum atomic E-state index is 13.2. The van der Waals surface area contributed by atoms with Crippen LogP contribution in [0.4, 0.5) is 0 Å². The summed E-state index contributed by atoms with van der Waals surface area (Å²) in [5.41, 5.74) is 6.62. The monoisotopic (exact) mass is 547 g/mol. The minimum atomic E-state index is -1.19. The summed E-state index contributed by atoms with van der Waals surface area (Å²) in [6.45, 7) is 9.32. The molecule has 220 valence electrons. The van der Waals surface area contributed by atoms with Crippen molar-refractivity contribution < 1.29 is 29.0 Å². The van der Waals surface area contributed by atoms with Crippen LogP contribution in [0.2, 0.25) is 0 Å². The van der Waals surface area contributed by atoms with Gasteiger partial charge in [-0.25, -0.2) is 0 Å². The predicted molar refractivity (Wildman–Crippen MR) is 152 cm³/mol. The molecule has 1 rings (SSSR count). The number of carbonyl (C=O) groups excluding carboxylic acids is 3. The molecule has 0 heterocycles. The number of nitrogens with one attached hydrogen (secondary N) is 2. The van der Waals surface area contributed by atoms with Gasteiger partial charge in [0.25, 0.3) is 0 Å². The Balaban J connectivity index is 3.01. The molecule has 0 saturated carbocycles. The molecule has 2 amide bonds. The maximum Gasteiger partial charge on any atom is 0.325 e. The molecular formula is C30H49N3O6. The van der Waals surface area contributed by atoms with Gasteiger partial charge in [-0.2, -0.15) is 0 Å². The van der Waals surface area contributed by atoms with Crippen molar-refractivity contribution in [1.82, 2.24) is 10.6 Å². The van der Waals surface area contributed by atoms with Crippen LogP contribution in [0.5, 0.6) is 0 Å². The van der Waals surface area contributed by atoms with E-state index in [1.165, 1.54) is 26.2 Å². The van der Waals surface area contributed by atoms with Crippen LogP contribution in [0.1, 0.15) is 104 Å². The normalized spacial score (nSPS) is 15.7. The highest BCUT2D eigenvalue weighted by Gasteiger charge is 2.31. The first kappa shape index (κ1) is 34.1. The summed E-state index contributed by atoms with van der Waals surface area (Å²) in [5, 5.41) is 14.3. The van der Waals surface area contributed by atoms with Crippen LogP contribution in [-0.2, 0) is 23.9 Å². The molecular weight excluding hydrogens is 498 g/mol. The van der Waals surface area contributed by atoms with E-state index in [2.05, 4.69) is 17.6 Å². The third kappa shape index (κ3) is 12.6. The summed E-state index contributed by atoms with van der Waals surface area (Å²) >= 11 is 0. The van der Waals surface area contributed by atoms with Crippen LogP contribution >= 0.6 is 0 Å². The van der Waals surface area contributed by atoms with E-state index in [9.17, 15) is 24.3 Å². The van der Waals surface area contributed by atoms with Gasteiger partial charge in [-0.05, 0) is 30.7 Å². The number of rotatable bonds is 19. The van der Waals surface area contributed by atoms with Crippen molar-refractivity contribution in [3.8, 4) is 0 Å². The Morgan fingerprint density at radius 2 is 1.51 bits per heavy atom. The van der Waals surface area contributed by atoms with Gasteiger partial charge in [0.05, 0.1) is 6.42 Å². The van der Waals surface area contributed by atoms with E-state index in [0.29, 0.717) is 5.56 Å². The molecule has 0 fully saturated rings. The number of carboxylic acid groups (broad SMARTS) is 1. The summed E-state index contributed by atoms with van der Waals surface area (Å²) < 4.78 is 5.80. The summed E-state index contributed by atoms with van der Waals surface area (Å²) in [5.74, 6) is -3.00. The third-order valence-electron chi connectivity index (χ3n) is 7.26. The Kier molecular flexibility index (Phi) is 16.1. The first-order chi connectivity index (χ1) is 18.5. The molecule has 6 atom stereocenters. The van der Waals surface area contributed by atoms with Crippen molar-refractivity contribution in [3.63, 3.8) is 0 Å². The Morgan fingerprint density at radius 3 is 2.10 bits per heavy atom. The number of esters is 1. The van der Waals surface area contributed by atoms with Gasteiger partial charge in [0, 0.05) is 0 Å². The molecule has 1 aromatic rings. The minimum Gasteiger partial charge on any atom is -0.480 e. The lowest BCUT2D eigenvalue weighted by molar-refractivity contribution is -0.156. The highest BCUT2D eigenvalue weighted by atomic mass is 16.5. The molecule has 0 aliphatic heterocycles. The zero-order valence-corrected chi connectivity index (χ0v) is 24.3. The van der Waals surface area contributed by atoms with E-state index in [1.807, 2.05) is 20.8 Å². The number of carboxylic acids is 1. The molecule has 0 saturated heterocycles. The standard InChI is InChI=1S/C30H49N3O6/c1-6-8-9-10-11-13-16-21(4)24(39-30(38)26(31)20(3)7-2)19-25(34)33-27(23-17-14-12-15-18-23)28(35)32-22(5)29(36)37/h12,14-15,17-18,20-22,24,26-27H,6-11,13,16,19,31H2,1-5H3,(H,32,35)(H,33,34)(H,36,37)/t20-,21-,22-,24-,26+,27-/m0/s1. The SMILES string of the molecule is CCCCCCCC[C@H](C)[C@H](CC(=O)N[C@H](C(=O)N[C@@H](C)C(=O)O)c1ccccc1)OC(=O)[C@H](N)[C@@H](C)CC. The average Bonchev–Trinajstić information content (AvgIpc) is 2.92. The van der Waals surface area contributed by atoms with Gasteiger partial charge in [-0.3, -0.25) is 19.2 Å². The maximum absolute atomic E-state index is 13.2. The molecule has 0 aliphatic rings. The Bertz CT molecular complexity index is 894. The number of hydrogen-bond acceptors (Lipinski definition) is 6. The second-order valence-corrected chi connectivity index (χ2v) is 10.6. The van der Waals surface area contributed by atoms with Crippen LogP contribution in [-0.4, -0.2) is 47.0 Å². The summed E-state index contributed by atoms with van der Waals surface area (Å²) in [6.07, 6.45) is 7.42. The molecule has 9 heteroatoms. The van der Waals surface area contributed by atoms with Crippen molar-refractivity contribution >= 4 is 23.8 Å². The fourth-order valence-electron chi connectivity index (χ4n) is 4.21. The molecule has 0 aliphatic carbocycles. The van der Waals surface area contributed by atoms with Crippen molar-refractivity contribution in [1.29, 1.82) is 0 Å². The van der Waals surface area contributed by atoms with Gasteiger partial charge in [0.15, 0.2) is 0 Å². The van der Waals surface area contributed by atoms with Gasteiger partial charge in [0.1, 0.15) is 24.2 Å². The van der Waals surface area contributed by atoms with Crippen molar-refractivity contribution in [2.75, 3.05) is 0 Å². The van der Waals surface area contributed by atoms with E-state index in [0.717, 1.165) is 32.1 Å². The van der Waals surface area contributed by atoms with E-state index < -0.39 is 48.0 Å². The number of ether oxygens (including phenoxy) is 1. The summed E-state index contributed by atoms with van der Waals surface area (Å²) in [6, 6.07) is 5.57. The number of carbonyl (C=O) groups is 4. The fourth-order valence-corrected chi connectivity index (χ4v) is 4.21. The van der Waals surface area contributed by atoms with Crippen molar-refractivity contribution in [2.45, 2.75) is 117 Å². The predicted octanol–water partition coefficient (Wildman–Crippen LogP) is 4.50. The Morgan fingerprint density at radius 1 is 0.897 bits per heavy atom. The summed E-state index contributed by atoms with van der Waals surface area (Å²) in [7, 11) is 0. The molecule has 0 radical (unpaired) electrons. The van der Waals surface area contributed by atoms with Gasteiger partial charge in [0.2, 0.25) is 11.8 Å². The number of hydrogen-bond donors (Lipinski definition) is 4. The van der Waals surface area contributed by atoms with Gasteiger partial charge in [-0.15, -0.1) is 0 Å². The molecule has 0 unspecified atom stereocenters. The van der Waals surface area contributed by atoms with Crippen LogP contribution in [0.3, 0.4) is 0 Å². The smallest absolute Gasteiger partial charge is 0.325 e. The van der Waals surface area contributed by atoms with Crippen molar-refractivity contribution in [2.24, 2.45) is 17.6 Å². The fraction of sp³-hybridized carbons (Fsp3) is 0.667. The van der Waals surface area contributed by atoms with Crippen LogP contribution in [0.15, 0.2) is 30.3 Å². The number of benzene rings is 1. The summed E-state index contributed by atoms with van der Waals surface area (Å²) in [4.78, 5) is 50.3. The zero-order valence-electron chi connectivity index (χ0n) is 24.3. The van der Waals surface area contributed by atoms with E-state index in [1.54, 1.807) is 30.3 Å². The lowest BCUT2D eigenvalue weighted by Crippen LogP contribution is -2.47.